The molecular weight excluding hydrogens is 211 g/mol. The Balaban J connectivity index is 0.000000605. The van der Waals surface area contributed by atoms with Crippen LogP contribution in [0.4, 0.5) is 0 Å². The first-order valence-corrected chi connectivity index (χ1v) is 3.17. The minimum atomic E-state index is 0. The molecule has 0 aliphatic rings. The number of hydrogen-bond donors (Lipinski definition) is 0. The van der Waals surface area contributed by atoms with Crippen LogP contribution in [0.1, 0.15) is 0 Å². The molecule has 2 aromatic rings. The molecule has 0 atom stereocenters. The minimum absolute atomic E-state index is 0. The summed E-state index contributed by atoms with van der Waals surface area (Å²) in [5.41, 5.74) is 0. The molecular formula is C9H6NY-. The minimum Gasteiger partial charge on any atom is -0.284 e. The molecule has 0 N–H and O–H groups in total. The first-order valence-electron chi connectivity index (χ1n) is 3.17. The molecule has 1 aromatic carbocycles. The number of fused-ring (bicyclic) bond motifs is 1. The molecule has 0 aliphatic heterocycles. The first kappa shape index (κ1) is 8.83. The van der Waals surface area contributed by atoms with E-state index in [2.05, 4.69) is 11.1 Å². The molecule has 0 amide bonds. The maximum absolute atomic E-state index is 3.99. The van der Waals surface area contributed by atoms with E-state index in [0.29, 0.717) is 0 Å². The van der Waals surface area contributed by atoms with E-state index in [-0.39, 0.29) is 32.7 Å². The van der Waals surface area contributed by atoms with Crippen molar-refractivity contribution in [2.45, 2.75) is 0 Å². The molecule has 0 saturated heterocycles. The fourth-order valence-electron chi connectivity index (χ4n) is 0.961. The average Bonchev–Trinajstić information content (AvgIpc) is 2.05. The molecule has 1 heterocycles. The van der Waals surface area contributed by atoms with E-state index in [4.69, 9.17) is 0 Å². The van der Waals surface area contributed by atoms with Crippen molar-refractivity contribution >= 4 is 10.8 Å². The molecule has 0 bridgehead atoms. The SMILES string of the molecule is [Y].[c-]1cccc2cnccc12. The van der Waals surface area contributed by atoms with Crippen LogP contribution in [0.25, 0.3) is 10.8 Å². The molecule has 0 fully saturated rings. The maximum Gasteiger partial charge on any atom is 0 e. The molecule has 51 valence electrons. The number of rotatable bonds is 0. The van der Waals surface area contributed by atoms with Crippen molar-refractivity contribution in [1.29, 1.82) is 0 Å². The van der Waals surface area contributed by atoms with Crippen LogP contribution in [-0.2, 0) is 32.7 Å². The van der Waals surface area contributed by atoms with Gasteiger partial charge in [-0.25, -0.2) is 0 Å². The first-order chi connectivity index (χ1) is 4.97. The second kappa shape index (κ2) is 3.94. The standard InChI is InChI=1S/C9H6N.Y/c1-2-4-9-7-10-6-5-8(9)3-1;/h1-2,4-7H;/q-1;. The van der Waals surface area contributed by atoms with Crippen molar-refractivity contribution in [1.82, 2.24) is 4.98 Å². The maximum atomic E-state index is 3.99. The van der Waals surface area contributed by atoms with E-state index in [1.54, 1.807) is 6.20 Å². The van der Waals surface area contributed by atoms with Gasteiger partial charge in [-0.2, -0.15) is 0 Å². The molecule has 11 heavy (non-hydrogen) atoms. The molecule has 1 aromatic heterocycles. The van der Waals surface area contributed by atoms with Crippen molar-refractivity contribution in [3.05, 3.63) is 42.7 Å². The molecule has 1 radical (unpaired) electrons. The Morgan fingerprint density at radius 2 is 2.18 bits per heavy atom. The largest absolute Gasteiger partial charge is 0.284 e. The number of aromatic nitrogens is 1. The van der Waals surface area contributed by atoms with Gasteiger partial charge in [0.2, 0.25) is 0 Å². The van der Waals surface area contributed by atoms with Crippen molar-refractivity contribution < 1.29 is 32.7 Å². The van der Waals surface area contributed by atoms with Crippen LogP contribution in [0, 0.1) is 6.07 Å². The summed E-state index contributed by atoms with van der Waals surface area (Å²) in [6, 6.07) is 11.0. The van der Waals surface area contributed by atoms with Gasteiger partial charge in [-0.05, 0) is 12.4 Å². The van der Waals surface area contributed by atoms with Crippen LogP contribution in [-0.4, -0.2) is 4.98 Å². The fraction of sp³-hybridized carbons (Fsp3) is 0. The van der Waals surface area contributed by atoms with Gasteiger partial charge in [-0.1, -0.05) is 5.39 Å². The number of nitrogens with zero attached hydrogens (tertiary/aromatic N) is 1. The van der Waals surface area contributed by atoms with Gasteiger partial charge in [-0.3, -0.25) is 4.98 Å². The van der Waals surface area contributed by atoms with E-state index in [1.165, 1.54) is 0 Å². The summed E-state index contributed by atoms with van der Waals surface area (Å²) in [6.07, 6.45) is 3.62. The third-order valence-corrected chi connectivity index (χ3v) is 1.46. The predicted molar refractivity (Wildman–Crippen MR) is 40.6 cm³/mol. The summed E-state index contributed by atoms with van der Waals surface area (Å²) in [7, 11) is 0. The Hall–Kier alpha value is -0.266. The Labute approximate surface area is 90.7 Å². The van der Waals surface area contributed by atoms with Crippen LogP contribution in [0.15, 0.2) is 36.7 Å². The predicted octanol–water partition coefficient (Wildman–Crippen LogP) is 2.03. The van der Waals surface area contributed by atoms with E-state index >= 15 is 0 Å². The Morgan fingerprint density at radius 3 is 3.00 bits per heavy atom. The Kier molecular flexibility index (Phi) is 3.16. The number of hydrogen-bond acceptors (Lipinski definition) is 1. The van der Waals surface area contributed by atoms with Gasteiger partial charge in [0.1, 0.15) is 0 Å². The summed E-state index contributed by atoms with van der Waals surface area (Å²) in [5, 5.41) is 2.27. The van der Waals surface area contributed by atoms with Crippen LogP contribution < -0.4 is 0 Å². The molecule has 2 rings (SSSR count). The Morgan fingerprint density at radius 1 is 1.27 bits per heavy atom. The monoisotopic (exact) mass is 217 g/mol. The molecule has 2 heteroatoms. The fourth-order valence-corrected chi connectivity index (χ4v) is 0.961. The van der Waals surface area contributed by atoms with Crippen molar-refractivity contribution in [2.75, 3.05) is 0 Å². The summed E-state index contributed by atoms with van der Waals surface area (Å²) >= 11 is 0. The average molecular weight is 217 g/mol. The molecule has 1 nitrogen and oxygen atoms in total. The van der Waals surface area contributed by atoms with Gasteiger partial charge in [0.25, 0.3) is 0 Å². The number of pyridine rings is 1. The summed E-state index contributed by atoms with van der Waals surface area (Å²) in [4.78, 5) is 3.99. The molecule has 0 unspecified atom stereocenters. The second-order valence-corrected chi connectivity index (χ2v) is 2.13. The summed E-state index contributed by atoms with van der Waals surface area (Å²) in [5.74, 6) is 0. The third kappa shape index (κ3) is 1.85. The van der Waals surface area contributed by atoms with Crippen LogP contribution in [0.3, 0.4) is 0 Å². The van der Waals surface area contributed by atoms with Gasteiger partial charge in [0.05, 0.1) is 0 Å². The van der Waals surface area contributed by atoms with Gasteiger partial charge in [0, 0.05) is 32.7 Å². The van der Waals surface area contributed by atoms with Gasteiger partial charge >= 0.3 is 0 Å². The third-order valence-electron chi connectivity index (χ3n) is 1.46. The summed E-state index contributed by atoms with van der Waals surface area (Å²) in [6.45, 7) is 0. The quantitative estimate of drug-likeness (QED) is 0.615. The van der Waals surface area contributed by atoms with Crippen molar-refractivity contribution in [3.8, 4) is 0 Å². The zero-order valence-electron chi connectivity index (χ0n) is 5.99. The van der Waals surface area contributed by atoms with Gasteiger partial charge < -0.3 is 0 Å². The molecule has 0 spiro atoms. The van der Waals surface area contributed by atoms with Crippen molar-refractivity contribution in [3.63, 3.8) is 0 Å². The second-order valence-electron chi connectivity index (χ2n) is 2.13. The zero-order valence-corrected chi connectivity index (χ0v) is 8.83. The van der Waals surface area contributed by atoms with Crippen LogP contribution >= 0.6 is 0 Å². The van der Waals surface area contributed by atoms with Gasteiger partial charge in [-0.15, -0.1) is 35.7 Å². The topological polar surface area (TPSA) is 12.9 Å². The van der Waals surface area contributed by atoms with E-state index in [9.17, 15) is 0 Å². The zero-order chi connectivity index (χ0) is 6.81. The number of benzene rings is 1. The van der Waals surface area contributed by atoms with Gasteiger partial charge in [0.15, 0.2) is 0 Å². The summed E-state index contributed by atoms with van der Waals surface area (Å²) < 4.78 is 0. The van der Waals surface area contributed by atoms with E-state index in [0.717, 1.165) is 10.8 Å². The van der Waals surface area contributed by atoms with E-state index in [1.807, 2.05) is 30.5 Å². The Bertz CT molecular complexity index is 281. The van der Waals surface area contributed by atoms with E-state index < -0.39 is 0 Å². The van der Waals surface area contributed by atoms with Crippen LogP contribution in [0.2, 0.25) is 0 Å². The molecule has 0 aliphatic carbocycles. The smallest absolute Gasteiger partial charge is 0 e. The van der Waals surface area contributed by atoms with Crippen LogP contribution in [0.5, 0.6) is 0 Å². The molecule has 0 saturated carbocycles. The van der Waals surface area contributed by atoms with Crippen molar-refractivity contribution in [2.24, 2.45) is 0 Å². The normalized spacial score (nSPS) is 9.09.